The Hall–Kier alpha value is -4.28. The third-order valence-electron chi connectivity index (χ3n) is 7.75. The average Bonchev–Trinajstić information content (AvgIpc) is 3.65. The number of benzene rings is 3. The number of carbonyl (C=O) groups is 2. The molecule has 0 spiro atoms. The largest absolute Gasteiger partial charge is 0.486 e. The van der Waals surface area contributed by atoms with E-state index in [9.17, 15) is 19.1 Å². The van der Waals surface area contributed by atoms with Crippen molar-refractivity contribution in [2.45, 2.75) is 25.0 Å². The monoisotopic (exact) mass is 558 g/mol. The topological polar surface area (TPSA) is 106 Å². The van der Waals surface area contributed by atoms with Crippen LogP contribution in [0.25, 0.3) is 22.0 Å². The zero-order chi connectivity index (χ0) is 28.5. The summed E-state index contributed by atoms with van der Waals surface area (Å²) in [6.07, 6.45) is 2.54. The van der Waals surface area contributed by atoms with Crippen molar-refractivity contribution in [1.82, 2.24) is 20.0 Å². The molecule has 2 aliphatic rings. The zero-order valence-corrected chi connectivity index (χ0v) is 22.7. The van der Waals surface area contributed by atoms with Crippen molar-refractivity contribution in [1.29, 1.82) is 0 Å². The van der Waals surface area contributed by atoms with Crippen LogP contribution in [0, 0.1) is 5.82 Å². The summed E-state index contributed by atoms with van der Waals surface area (Å²) >= 11 is 0. The first-order valence-corrected chi connectivity index (χ1v) is 13.7. The molecule has 1 amide bonds. The number of ketones is 1. The van der Waals surface area contributed by atoms with Crippen LogP contribution in [0.3, 0.4) is 0 Å². The molecule has 3 aromatic carbocycles. The van der Waals surface area contributed by atoms with Gasteiger partial charge in [-0.2, -0.15) is 5.10 Å². The van der Waals surface area contributed by atoms with Gasteiger partial charge in [0.2, 0.25) is 5.78 Å². The molecule has 0 unspecified atom stereocenters. The maximum atomic E-state index is 14.7. The summed E-state index contributed by atoms with van der Waals surface area (Å²) in [5.41, 5.74) is 3.31. The average molecular weight is 559 g/mol. The van der Waals surface area contributed by atoms with Gasteiger partial charge in [0.1, 0.15) is 19.3 Å². The number of hydrogen-bond donors (Lipinski definition) is 2. The van der Waals surface area contributed by atoms with E-state index in [-0.39, 0.29) is 35.8 Å². The molecule has 1 aromatic heterocycles. The smallest absolute Gasteiger partial charge is 0.292 e. The molecule has 0 radical (unpaired) electrons. The van der Waals surface area contributed by atoms with Gasteiger partial charge in [-0.3, -0.25) is 14.3 Å². The van der Waals surface area contributed by atoms with Gasteiger partial charge in [-0.05, 0) is 60.8 Å². The van der Waals surface area contributed by atoms with E-state index in [4.69, 9.17) is 9.47 Å². The van der Waals surface area contributed by atoms with Gasteiger partial charge in [-0.15, -0.1) is 0 Å². The Morgan fingerprint density at radius 3 is 2.54 bits per heavy atom. The van der Waals surface area contributed by atoms with Crippen LogP contribution in [0.2, 0.25) is 0 Å². The molecule has 4 aromatic rings. The van der Waals surface area contributed by atoms with Crippen molar-refractivity contribution in [2.24, 2.45) is 7.05 Å². The van der Waals surface area contributed by atoms with Gasteiger partial charge >= 0.3 is 0 Å². The predicted molar refractivity (Wildman–Crippen MR) is 150 cm³/mol. The van der Waals surface area contributed by atoms with E-state index in [1.807, 2.05) is 25.2 Å². The van der Waals surface area contributed by atoms with E-state index in [0.29, 0.717) is 6.54 Å². The Bertz CT molecular complexity index is 1600. The van der Waals surface area contributed by atoms with Gasteiger partial charge in [-0.1, -0.05) is 36.4 Å². The molecule has 212 valence electrons. The van der Waals surface area contributed by atoms with Gasteiger partial charge in [0, 0.05) is 24.5 Å². The zero-order valence-electron chi connectivity index (χ0n) is 22.7. The van der Waals surface area contributed by atoms with Crippen molar-refractivity contribution < 1.29 is 28.6 Å². The van der Waals surface area contributed by atoms with Crippen molar-refractivity contribution in [3.8, 4) is 22.6 Å². The Labute approximate surface area is 236 Å². The van der Waals surface area contributed by atoms with Crippen LogP contribution in [0.1, 0.15) is 34.9 Å². The maximum absolute atomic E-state index is 14.7. The number of rotatable bonds is 8. The number of likely N-dealkylation sites (tertiary alicyclic amines) is 1. The molecule has 0 saturated carbocycles. The fraction of sp³-hybridized carbons (Fsp3) is 0.323. The number of hydrogen-bond acceptors (Lipinski definition) is 7. The lowest BCUT2D eigenvalue weighted by molar-refractivity contribution is -0.118. The first-order chi connectivity index (χ1) is 19.9. The van der Waals surface area contributed by atoms with Crippen molar-refractivity contribution in [2.75, 3.05) is 32.8 Å². The second-order valence-corrected chi connectivity index (χ2v) is 10.5. The number of nitrogens with zero attached hydrogens (tertiary/aromatic N) is 3. The van der Waals surface area contributed by atoms with Crippen molar-refractivity contribution in [3.63, 3.8) is 0 Å². The van der Waals surface area contributed by atoms with Gasteiger partial charge in [0.25, 0.3) is 5.91 Å². The fourth-order valence-corrected chi connectivity index (χ4v) is 5.50. The van der Waals surface area contributed by atoms with Gasteiger partial charge < -0.3 is 24.8 Å². The Morgan fingerprint density at radius 2 is 1.76 bits per heavy atom. The van der Waals surface area contributed by atoms with Crippen LogP contribution in [0.5, 0.6) is 11.5 Å². The number of fused-ring (bicyclic) bond motifs is 2. The van der Waals surface area contributed by atoms with Gasteiger partial charge in [0.15, 0.2) is 17.3 Å². The summed E-state index contributed by atoms with van der Waals surface area (Å²) < 4.78 is 27.4. The number of Topliss-reactive ketones (excluding diaryl/α,β-unsaturated/α-hetero) is 1. The third-order valence-corrected chi connectivity index (χ3v) is 7.75. The number of aryl methyl sites for hydroxylation is 1. The third kappa shape index (κ3) is 5.53. The standard InChI is InChI=1S/C31H31FN4O5/c1-35-26-15-21(8-9-22(26)17-33-35)19-4-6-20(7-5-19)29(38)31(39)34-25(18-36-10-2-3-11-36)28(37)23-14-24(32)30-27(16-23)40-12-13-41-30/h4-9,14-17,25,28,37H,2-3,10-13,18H2,1H3,(H,34,39)/t25-,28+/m1/s1. The fourth-order valence-electron chi connectivity index (χ4n) is 5.50. The highest BCUT2D eigenvalue weighted by molar-refractivity contribution is 6.42. The van der Waals surface area contributed by atoms with Crippen LogP contribution in [-0.4, -0.2) is 70.4 Å². The maximum Gasteiger partial charge on any atom is 0.292 e. The van der Waals surface area contributed by atoms with E-state index >= 15 is 0 Å². The second kappa shape index (κ2) is 11.3. The first-order valence-electron chi connectivity index (χ1n) is 13.7. The SMILES string of the molecule is Cn1ncc2ccc(-c3ccc(C(=O)C(=O)N[C@H](CN4CCCC4)[C@@H](O)c4cc(F)c5c(c4)OCCO5)cc3)cc21. The normalized spacial score (nSPS) is 16.5. The number of halogens is 1. The molecule has 1 fully saturated rings. The van der Waals surface area contributed by atoms with E-state index in [1.165, 1.54) is 12.1 Å². The quantitative estimate of drug-likeness (QED) is 0.251. The summed E-state index contributed by atoms with van der Waals surface area (Å²) in [7, 11) is 1.88. The minimum Gasteiger partial charge on any atom is -0.486 e. The lowest BCUT2D eigenvalue weighted by atomic mass is 9.99. The highest BCUT2D eigenvalue weighted by Crippen LogP contribution is 2.36. The van der Waals surface area contributed by atoms with E-state index in [2.05, 4.69) is 15.3 Å². The van der Waals surface area contributed by atoms with Crippen LogP contribution >= 0.6 is 0 Å². The minimum absolute atomic E-state index is 0.00574. The van der Waals surface area contributed by atoms with Gasteiger partial charge in [-0.25, -0.2) is 4.39 Å². The molecule has 0 bridgehead atoms. The van der Waals surface area contributed by atoms with Crippen molar-refractivity contribution >= 4 is 22.6 Å². The molecular formula is C31H31FN4O5. The summed E-state index contributed by atoms with van der Waals surface area (Å²) in [6, 6.07) is 14.7. The number of carbonyl (C=O) groups excluding carboxylic acids is 2. The van der Waals surface area contributed by atoms with E-state index < -0.39 is 29.7 Å². The number of nitrogens with one attached hydrogen (secondary N) is 1. The lowest BCUT2D eigenvalue weighted by Gasteiger charge is -2.29. The van der Waals surface area contributed by atoms with Crippen LogP contribution < -0.4 is 14.8 Å². The minimum atomic E-state index is -1.28. The highest BCUT2D eigenvalue weighted by atomic mass is 19.1. The lowest BCUT2D eigenvalue weighted by Crippen LogP contribution is -2.48. The summed E-state index contributed by atoms with van der Waals surface area (Å²) in [5, 5.41) is 19.3. The summed E-state index contributed by atoms with van der Waals surface area (Å²) in [4.78, 5) is 28.4. The van der Waals surface area contributed by atoms with E-state index in [0.717, 1.165) is 48.0 Å². The molecule has 3 heterocycles. The van der Waals surface area contributed by atoms with Crippen LogP contribution in [-0.2, 0) is 11.8 Å². The van der Waals surface area contributed by atoms with Crippen LogP contribution in [0.4, 0.5) is 4.39 Å². The number of ether oxygens (including phenoxy) is 2. The molecular weight excluding hydrogens is 527 g/mol. The number of aliphatic hydroxyl groups is 1. The molecule has 9 nitrogen and oxygen atoms in total. The first kappa shape index (κ1) is 26.9. The molecule has 41 heavy (non-hydrogen) atoms. The molecule has 2 N–H and O–H groups in total. The molecule has 2 atom stereocenters. The van der Waals surface area contributed by atoms with Crippen molar-refractivity contribution in [3.05, 3.63) is 77.7 Å². The summed E-state index contributed by atoms with van der Waals surface area (Å²) in [6.45, 7) is 2.45. The summed E-state index contributed by atoms with van der Waals surface area (Å²) in [5.74, 6) is -2.00. The number of aliphatic hydroxyl groups excluding tert-OH is 1. The van der Waals surface area contributed by atoms with Gasteiger partial charge in [0.05, 0.1) is 17.8 Å². The Balaban J connectivity index is 1.20. The highest BCUT2D eigenvalue weighted by Gasteiger charge is 2.31. The molecule has 2 aliphatic heterocycles. The number of aromatic nitrogens is 2. The number of amides is 1. The molecule has 0 aliphatic carbocycles. The second-order valence-electron chi connectivity index (χ2n) is 10.5. The molecule has 6 rings (SSSR count). The molecule has 10 heteroatoms. The Kier molecular flexibility index (Phi) is 7.42. The Morgan fingerprint density at radius 1 is 1.02 bits per heavy atom. The van der Waals surface area contributed by atoms with E-state index in [1.54, 1.807) is 35.1 Å². The predicted octanol–water partition coefficient (Wildman–Crippen LogP) is 3.65. The van der Waals surface area contributed by atoms with Crippen LogP contribution in [0.15, 0.2) is 60.8 Å². The molecule has 1 saturated heterocycles.